The Labute approximate surface area is 158 Å². The van der Waals surface area contributed by atoms with Crippen LogP contribution >= 0.6 is 0 Å². The lowest BCUT2D eigenvalue weighted by Gasteiger charge is -2.21. The molecule has 0 rings (SSSR count). The first-order valence-electron chi connectivity index (χ1n) is 10.4. The monoisotopic (exact) mass is 354 g/mol. The van der Waals surface area contributed by atoms with Gasteiger partial charge in [-0.15, -0.1) is 0 Å². The van der Waals surface area contributed by atoms with E-state index in [9.17, 15) is 9.59 Å². The zero-order valence-corrected chi connectivity index (χ0v) is 19.0. The van der Waals surface area contributed by atoms with Crippen LogP contribution in [0.5, 0.6) is 0 Å². The zero-order chi connectivity index (χ0) is 20.3. The molecule has 0 saturated heterocycles. The third-order valence-electron chi connectivity index (χ3n) is 4.36. The van der Waals surface area contributed by atoms with Gasteiger partial charge in [0.25, 0.3) is 0 Å². The van der Waals surface area contributed by atoms with Crippen molar-refractivity contribution in [1.29, 1.82) is 0 Å². The van der Waals surface area contributed by atoms with E-state index in [4.69, 9.17) is 0 Å². The van der Waals surface area contributed by atoms with E-state index in [0.29, 0.717) is 29.3 Å². The molecule has 0 unspecified atom stereocenters. The van der Waals surface area contributed by atoms with Gasteiger partial charge in [0.05, 0.1) is 0 Å². The van der Waals surface area contributed by atoms with Crippen LogP contribution in [0, 0.1) is 41.4 Å². The van der Waals surface area contributed by atoms with Gasteiger partial charge in [-0.1, -0.05) is 76.2 Å². The van der Waals surface area contributed by atoms with Gasteiger partial charge in [0.15, 0.2) is 0 Å². The highest BCUT2D eigenvalue weighted by Crippen LogP contribution is 2.23. The van der Waals surface area contributed by atoms with Gasteiger partial charge >= 0.3 is 0 Å². The van der Waals surface area contributed by atoms with Crippen LogP contribution in [0.4, 0.5) is 0 Å². The normalized spacial score (nSPS) is 13.0. The predicted molar refractivity (Wildman–Crippen MR) is 111 cm³/mol. The fraction of sp³-hybridized carbons (Fsp3) is 0.913. The maximum Gasteiger partial charge on any atom is 0.138 e. The molecule has 0 aromatic rings. The van der Waals surface area contributed by atoms with Crippen LogP contribution < -0.4 is 0 Å². The minimum Gasteiger partial charge on any atom is -0.299 e. The van der Waals surface area contributed by atoms with E-state index < -0.39 is 0 Å². The summed E-state index contributed by atoms with van der Waals surface area (Å²) in [6.07, 6.45) is 3.13. The van der Waals surface area contributed by atoms with Crippen LogP contribution in [0.3, 0.4) is 0 Å². The highest BCUT2D eigenvalue weighted by atomic mass is 16.1. The maximum absolute atomic E-state index is 11.9. The van der Waals surface area contributed by atoms with Crippen LogP contribution in [0.1, 0.15) is 95.4 Å². The average Bonchev–Trinajstić information content (AvgIpc) is 2.43. The van der Waals surface area contributed by atoms with Crippen molar-refractivity contribution >= 4 is 11.6 Å². The first kappa shape index (κ1) is 26.6. The molecule has 0 saturated carbocycles. The Hall–Kier alpha value is -0.660. The topological polar surface area (TPSA) is 34.1 Å². The summed E-state index contributed by atoms with van der Waals surface area (Å²) in [5.74, 6) is 3.66. The zero-order valence-electron chi connectivity index (χ0n) is 19.0. The summed E-state index contributed by atoms with van der Waals surface area (Å²) in [6.45, 7) is 23.1. The molecule has 2 nitrogen and oxygen atoms in total. The molecule has 150 valence electrons. The van der Waals surface area contributed by atoms with Crippen molar-refractivity contribution in [3.05, 3.63) is 0 Å². The molecule has 0 radical (unpaired) electrons. The first-order valence-corrected chi connectivity index (χ1v) is 10.4. The Bertz CT molecular complexity index is 354. The molecule has 0 aliphatic rings. The molecule has 0 aromatic carbocycles. The van der Waals surface area contributed by atoms with Crippen LogP contribution in [0.25, 0.3) is 0 Å². The second-order valence-electron chi connectivity index (χ2n) is 9.60. The molecule has 0 aliphatic carbocycles. The number of hydrogen-bond acceptors (Lipinski definition) is 2. The molecule has 0 spiro atoms. The van der Waals surface area contributed by atoms with Gasteiger partial charge in [-0.25, -0.2) is 0 Å². The van der Waals surface area contributed by atoms with Crippen molar-refractivity contribution in [3.8, 4) is 0 Å². The van der Waals surface area contributed by atoms with E-state index >= 15 is 0 Å². The number of hydrogen-bond donors (Lipinski definition) is 0. The lowest BCUT2D eigenvalue weighted by Crippen LogP contribution is -2.23. The summed E-state index contributed by atoms with van der Waals surface area (Å²) in [7, 11) is 0. The average molecular weight is 355 g/mol. The molecule has 0 fully saturated rings. The van der Waals surface area contributed by atoms with Crippen LogP contribution in [-0.4, -0.2) is 11.6 Å². The van der Waals surface area contributed by atoms with Crippen molar-refractivity contribution in [1.82, 2.24) is 0 Å². The number of rotatable bonds is 10. The molecule has 0 aromatic heterocycles. The number of ketones is 2. The maximum atomic E-state index is 11.9. The van der Waals surface area contributed by atoms with Crippen molar-refractivity contribution < 1.29 is 9.59 Å². The van der Waals surface area contributed by atoms with Gasteiger partial charge in [0.1, 0.15) is 11.6 Å². The Balaban J connectivity index is 0. The number of Topliss-reactive ketones (excluding diaryl/α,β-unsaturated/α-hetero) is 2. The van der Waals surface area contributed by atoms with Gasteiger partial charge in [-0.3, -0.25) is 9.59 Å². The summed E-state index contributed by atoms with van der Waals surface area (Å²) in [5, 5.41) is 0. The quantitative estimate of drug-likeness (QED) is 0.431. The second kappa shape index (κ2) is 13.5. The molecule has 0 heterocycles. The largest absolute Gasteiger partial charge is 0.299 e. The standard InChI is InChI=1S/C13H26O.C10H20O/c1-9(2)7-12(8-10(3)4)13(14)11(5)6;1-7(2)6-9(5)10(11)8(3)4/h9-12H,7-8H2,1-6H3;7-9H,6H2,1-5H3/t;9-/m.1/s1. The Kier molecular flexibility index (Phi) is 14.4. The summed E-state index contributed by atoms with van der Waals surface area (Å²) < 4.78 is 0. The summed E-state index contributed by atoms with van der Waals surface area (Å²) in [5.41, 5.74) is 0. The lowest BCUT2D eigenvalue weighted by molar-refractivity contribution is -0.127. The molecule has 25 heavy (non-hydrogen) atoms. The summed E-state index contributed by atoms with van der Waals surface area (Å²) in [4.78, 5) is 23.3. The smallest absolute Gasteiger partial charge is 0.138 e. The van der Waals surface area contributed by atoms with Crippen molar-refractivity contribution in [3.63, 3.8) is 0 Å². The fourth-order valence-corrected chi connectivity index (χ4v) is 3.33. The first-order chi connectivity index (χ1) is 11.3. The lowest BCUT2D eigenvalue weighted by atomic mass is 9.83. The Morgan fingerprint density at radius 3 is 1.08 bits per heavy atom. The van der Waals surface area contributed by atoms with Gasteiger partial charge in [-0.2, -0.15) is 0 Å². The van der Waals surface area contributed by atoms with Gasteiger partial charge in [0, 0.05) is 23.7 Å². The summed E-state index contributed by atoms with van der Waals surface area (Å²) in [6, 6.07) is 0. The van der Waals surface area contributed by atoms with Crippen molar-refractivity contribution in [2.24, 2.45) is 41.4 Å². The van der Waals surface area contributed by atoms with E-state index in [-0.39, 0.29) is 23.7 Å². The molecule has 0 amide bonds. The van der Waals surface area contributed by atoms with E-state index in [1.807, 2.05) is 34.6 Å². The molecular weight excluding hydrogens is 308 g/mol. The fourth-order valence-electron chi connectivity index (χ4n) is 3.33. The molecular formula is C23H46O2. The Morgan fingerprint density at radius 1 is 0.520 bits per heavy atom. The minimum atomic E-state index is 0.192. The number of carbonyl (C=O) groups excluding carboxylic acids is 2. The van der Waals surface area contributed by atoms with E-state index in [1.54, 1.807) is 0 Å². The number of carbonyl (C=O) groups is 2. The molecule has 1 atom stereocenters. The SMILES string of the molecule is CC(C)CC(CC(C)C)C(=O)C(C)C.CC(C)C[C@@H](C)C(=O)C(C)C. The molecule has 0 bridgehead atoms. The van der Waals surface area contributed by atoms with Crippen molar-refractivity contribution in [2.45, 2.75) is 95.4 Å². The molecule has 2 heteroatoms. The highest BCUT2D eigenvalue weighted by molar-refractivity contribution is 5.83. The van der Waals surface area contributed by atoms with Crippen LogP contribution in [0.15, 0.2) is 0 Å². The Morgan fingerprint density at radius 2 is 0.840 bits per heavy atom. The third-order valence-corrected chi connectivity index (χ3v) is 4.36. The predicted octanol–water partition coefficient (Wildman–Crippen LogP) is 6.81. The van der Waals surface area contributed by atoms with Crippen LogP contribution in [-0.2, 0) is 9.59 Å². The third kappa shape index (κ3) is 14.2. The van der Waals surface area contributed by atoms with E-state index in [0.717, 1.165) is 19.3 Å². The minimum absolute atomic E-state index is 0.192. The summed E-state index contributed by atoms with van der Waals surface area (Å²) >= 11 is 0. The van der Waals surface area contributed by atoms with Gasteiger partial charge in [-0.05, 0) is 37.0 Å². The molecule has 0 aliphatic heterocycles. The van der Waals surface area contributed by atoms with Gasteiger partial charge in [0.2, 0.25) is 0 Å². The molecule has 0 N–H and O–H groups in total. The van der Waals surface area contributed by atoms with E-state index in [1.165, 1.54) is 0 Å². The van der Waals surface area contributed by atoms with Crippen molar-refractivity contribution in [2.75, 3.05) is 0 Å². The second-order valence-corrected chi connectivity index (χ2v) is 9.60. The van der Waals surface area contributed by atoms with Gasteiger partial charge < -0.3 is 0 Å². The van der Waals surface area contributed by atoms with E-state index in [2.05, 4.69) is 41.5 Å². The highest BCUT2D eigenvalue weighted by Gasteiger charge is 2.22. The van der Waals surface area contributed by atoms with Crippen LogP contribution in [0.2, 0.25) is 0 Å².